The Morgan fingerprint density at radius 3 is 2.58 bits per heavy atom. The zero-order valence-electron chi connectivity index (χ0n) is 14.3. The summed E-state index contributed by atoms with van der Waals surface area (Å²) in [6.45, 7) is 3.22. The fourth-order valence-corrected chi connectivity index (χ4v) is 2.90. The first-order valence-electron chi connectivity index (χ1n) is 8.39. The van der Waals surface area contributed by atoms with Gasteiger partial charge in [0.25, 0.3) is 5.91 Å². The first kappa shape index (κ1) is 16.2. The second kappa shape index (κ2) is 6.92. The molecule has 6 heteroatoms. The third-order valence-electron chi connectivity index (χ3n) is 4.24. The molecule has 2 heterocycles. The van der Waals surface area contributed by atoms with Gasteiger partial charge in [0.05, 0.1) is 12.2 Å². The van der Waals surface area contributed by atoms with E-state index < -0.39 is 0 Å². The summed E-state index contributed by atoms with van der Waals surface area (Å²) in [6.07, 6.45) is 1.39. The Morgan fingerprint density at radius 2 is 1.85 bits per heavy atom. The average Bonchev–Trinajstić information content (AvgIpc) is 3.12. The molecule has 0 N–H and O–H groups in total. The van der Waals surface area contributed by atoms with Crippen molar-refractivity contribution in [1.29, 1.82) is 0 Å². The lowest BCUT2D eigenvalue weighted by Crippen LogP contribution is -2.30. The lowest BCUT2D eigenvalue weighted by Gasteiger charge is -2.24. The number of aromatic nitrogens is 1. The maximum absolute atomic E-state index is 13.1. The van der Waals surface area contributed by atoms with E-state index in [4.69, 9.17) is 14.0 Å². The molecule has 132 valence electrons. The van der Waals surface area contributed by atoms with Gasteiger partial charge in [-0.1, -0.05) is 29.4 Å². The minimum absolute atomic E-state index is 0.162. The summed E-state index contributed by atoms with van der Waals surface area (Å²) < 4.78 is 16.2. The van der Waals surface area contributed by atoms with E-state index in [2.05, 4.69) is 5.16 Å². The Hall–Kier alpha value is -3.28. The largest absolute Gasteiger partial charge is 0.486 e. The molecule has 26 heavy (non-hydrogen) atoms. The number of amides is 1. The smallest absolute Gasteiger partial charge is 0.263 e. The van der Waals surface area contributed by atoms with Crippen LogP contribution in [0.3, 0.4) is 0 Å². The first-order valence-corrected chi connectivity index (χ1v) is 8.39. The molecule has 6 nitrogen and oxygen atoms in total. The highest BCUT2D eigenvalue weighted by Crippen LogP contribution is 2.32. The zero-order valence-corrected chi connectivity index (χ0v) is 14.3. The third-order valence-corrected chi connectivity index (χ3v) is 4.24. The van der Waals surface area contributed by atoms with E-state index in [-0.39, 0.29) is 5.91 Å². The predicted molar refractivity (Wildman–Crippen MR) is 95.6 cm³/mol. The minimum Gasteiger partial charge on any atom is -0.486 e. The summed E-state index contributed by atoms with van der Waals surface area (Å²) in [7, 11) is 0. The van der Waals surface area contributed by atoms with E-state index in [9.17, 15) is 4.79 Å². The van der Waals surface area contributed by atoms with Crippen LogP contribution in [0, 0.1) is 6.92 Å². The molecular formula is C20H18N2O4. The molecular weight excluding hydrogens is 332 g/mol. The molecule has 0 fully saturated rings. The number of fused-ring (bicyclic) bond motifs is 1. The SMILES string of the molecule is Cc1nocc1C(=O)N(Cc1ccc2c(c1)OCCO2)c1ccccc1. The maximum Gasteiger partial charge on any atom is 0.263 e. The Balaban J connectivity index is 1.67. The van der Waals surface area contributed by atoms with Gasteiger partial charge in [0.1, 0.15) is 25.0 Å². The normalized spacial score (nSPS) is 12.7. The van der Waals surface area contributed by atoms with Gasteiger partial charge in [-0.3, -0.25) is 4.79 Å². The van der Waals surface area contributed by atoms with Gasteiger partial charge in [-0.2, -0.15) is 0 Å². The van der Waals surface area contributed by atoms with Crippen molar-refractivity contribution in [2.45, 2.75) is 13.5 Å². The Bertz CT molecular complexity index is 921. The first-order chi connectivity index (χ1) is 12.7. The molecule has 0 spiro atoms. The van der Waals surface area contributed by atoms with Crippen molar-refractivity contribution in [3.05, 3.63) is 71.6 Å². The highest BCUT2D eigenvalue weighted by Gasteiger charge is 2.23. The fourth-order valence-electron chi connectivity index (χ4n) is 2.90. The van der Waals surface area contributed by atoms with Crippen LogP contribution in [0.5, 0.6) is 11.5 Å². The minimum atomic E-state index is -0.162. The Morgan fingerprint density at radius 1 is 1.08 bits per heavy atom. The topological polar surface area (TPSA) is 64.8 Å². The number of para-hydroxylation sites is 1. The van der Waals surface area contributed by atoms with E-state index in [0.29, 0.717) is 36.8 Å². The van der Waals surface area contributed by atoms with Gasteiger partial charge >= 0.3 is 0 Å². The number of rotatable bonds is 4. The van der Waals surface area contributed by atoms with E-state index >= 15 is 0 Å². The monoisotopic (exact) mass is 350 g/mol. The fraction of sp³-hybridized carbons (Fsp3) is 0.200. The van der Waals surface area contributed by atoms with Crippen LogP contribution in [0.2, 0.25) is 0 Å². The molecule has 3 aromatic rings. The third kappa shape index (κ3) is 3.13. The van der Waals surface area contributed by atoms with Crippen LogP contribution in [0.25, 0.3) is 0 Å². The predicted octanol–water partition coefficient (Wildman–Crippen LogP) is 3.60. The second-order valence-electron chi connectivity index (χ2n) is 6.02. The van der Waals surface area contributed by atoms with E-state index in [1.54, 1.807) is 11.8 Å². The number of benzene rings is 2. The Labute approximate surface area is 150 Å². The standard InChI is InChI=1S/C20H18N2O4/c1-14-17(13-26-21-14)20(23)22(16-5-3-2-4-6-16)12-15-7-8-18-19(11-15)25-10-9-24-18/h2-8,11,13H,9-10,12H2,1H3. The van der Waals surface area contributed by atoms with Crippen LogP contribution >= 0.6 is 0 Å². The maximum atomic E-state index is 13.1. The molecule has 1 aliphatic heterocycles. The van der Waals surface area contributed by atoms with Gasteiger partial charge in [-0.25, -0.2) is 0 Å². The summed E-state index contributed by atoms with van der Waals surface area (Å²) >= 11 is 0. The van der Waals surface area contributed by atoms with Crippen molar-refractivity contribution in [3.63, 3.8) is 0 Å². The lowest BCUT2D eigenvalue weighted by molar-refractivity contribution is 0.0984. The number of carbonyl (C=O) groups is 1. The van der Waals surface area contributed by atoms with Crippen LogP contribution in [0.15, 0.2) is 59.3 Å². The van der Waals surface area contributed by atoms with Crippen LogP contribution in [0.4, 0.5) is 5.69 Å². The van der Waals surface area contributed by atoms with Gasteiger partial charge in [0, 0.05) is 5.69 Å². The number of anilines is 1. The van der Waals surface area contributed by atoms with Crippen LogP contribution in [0.1, 0.15) is 21.6 Å². The van der Waals surface area contributed by atoms with Crippen molar-refractivity contribution in [2.24, 2.45) is 0 Å². The van der Waals surface area contributed by atoms with Crippen molar-refractivity contribution in [3.8, 4) is 11.5 Å². The quantitative estimate of drug-likeness (QED) is 0.719. The molecule has 0 bridgehead atoms. The lowest BCUT2D eigenvalue weighted by atomic mass is 10.1. The summed E-state index contributed by atoms with van der Waals surface area (Å²) in [5, 5.41) is 3.82. The van der Waals surface area contributed by atoms with Crippen molar-refractivity contribution >= 4 is 11.6 Å². The van der Waals surface area contributed by atoms with Gasteiger partial charge in [0.2, 0.25) is 0 Å². The summed E-state index contributed by atoms with van der Waals surface area (Å²) in [5.41, 5.74) is 2.76. The summed E-state index contributed by atoms with van der Waals surface area (Å²) in [4.78, 5) is 14.8. The molecule has 0 saturated heterocycles. The van der Waals surface area contributed by atoms with Crippen molar-refractivity contribution < 1.29 is 18.8 Å². The van der Waals surface area contributed by atoms with E-state index in [1.807, 2.05) is 48.5 Å². The number of hydrogen-bond donors (Lipinski definition) is 0. The van der Waals surface area contributed by atoms with Crippen molar-refractivity contribution in [2.75, 3.05) is 18.1 Å². The number of aryl methyl sites for hydroxylation is 1. The average molecular weight is 350 g/mol. The van der Waals surface area contributed by atoms with Gasteiger partial charge < -0.3 is 18.9 Å². The van der Waals surface area contributed by atoms with E-state index in [1.165, 1.54) is 6.26 Å². The highest BCUT2D eigenvalue weighted by molar-refractivity contribution is 6.06. The molecule has 0 saturated carbocycles. The van der Waals surface area contributed by atoms with Gasteiger partial charge in [-0.05, 0) is 36.8 Å². The second-order valence-corrected chi connectivity index (χ2v) is 6.02. The number of nitrogens with zero attached hydrogens (tertiary/aromatic N) is 2. The molecule has 0 unspecified atom stereocenters. The molecule has 1 aliphatic rings. The molecule has 1 aromatic heterocycles. The molecule has 0 atom stereocenters. The molecule has 0 aliphatic carbocycles. The van der Waals surface area contributed by atoms with E-state index in [0.717, 1.165) is 17.0 Å². The zero-order chi connectivity index (χ0) is 17.9. The van der Waals surface area contributed by atoms with Gasteiger partial charge in [0.15, 0.2) is 11.5 Å². The van der Waals surface area contributed by atoms with Gasteiger partial charge in [-0.15, -0.1) is 0 Å². The van der Waals surface area contributed by atoms with Crippen LogP contribution in [-0.2, 0) is 6.54 Å². The van der Waals surface area contributed by atoms with Crippen LogP contribution in [-0.4, -0.2) is 24.3 Å². The molecule has 0 radical (unpaired) electrons. The number of hydrogen-bond acceptors (Lipinski definition) is 5. The Kier molecular flexibility index (Phi) is 4.31. The summed E-state index contributed by atoms with van der Waals surface area (Å²) in [5.74, 6) is 1.27. The number of ether oxygens (including phenoxy) is 2. The molecule has 4 rings (SSSR count). The number of carbonyl (C=O) groups excluding carboxylic acids is 1. The molecule has 1 amide bonds. The molecule has 2 aromatic carbocycles. The van der Waals surface area contributed by atoms with Crippen molar-refractivity contribution in [1.82, 2.24) is 5.16 Å². The summed E-state index contributed by atoms with van der Waals surface area (Å²) in [6, 6.07) is 15.3. The highest BCUT2D eigenvalue weighted by atomic mass is 16.6. The van der Waals surface area contributed by atoms with Crippen LogP contribution < -0.4 is 14.4 Å².